The molecule has 3 rings (SSSR count). The summed E-state index contributed by atoms with van der Waals surface area (Å²) in [5.41, 5.74) is 0. The van der Waals surface area contributed by atoms with Crippen LogP contribution in [0.3, 0.4) is 0 Å². The maximum absolute atomic E-state index is 12.7. The minimum absolute atomic E-state index is 0.140. The molecule has 6 atom stereocenters. The predicted molar refractivity (Wildman–Crippen MR) is 91.1 cm³/mol. The molecule has 0 saturated heterocycles. The molecule has 0 aliphatic heterocycles. The number of hydrogen-bond acceptors (Lipinski definition) is 4. The SMILES string of the molecule is CCCCOC(=O)C1C2CC(C3CCCC32)C1C(=O)OCCCC. The van der Waals surface area contributed by atoms with Gasteiger partial charge >= 0.3 is 11.9 Å². The summed E-state index contributed by atoms with van der Waals surface area (Å²) in [6.45, 7) is 5.13. The molecule has 4 heteroatoms. The standard InChI is InChI=1S/C20H32O4/c1-3-5-10-23-19(21)17-15-12-16(14-9-7-8-13(14)15)18(17)20(22)24-11-6-4-2/h13-18H,3-12H2,1-2H3. The molecule has 3 aliphatic rings. The molecule has 0 spiro atoms. The molecule has 24 heavy (non-hydrogen) atoms. The number of unbranched alkanes of at least 4 members (excludes halogenated alkanes) is 2. The molecule has 136 valence electrons. The van der Waals surface area contributed by atoms with Crippen LogP contribution in [0.2, 0.25) is 0 Å². The third-order valence-corrected chi connectivity index (χ3v) is 6.61. The van der Waals surface area contributed by atoms with Gasteiger partial charge in [0.2, 0.25) is 0 Å². The second-order valence-corrected chi connectivity index (χ2v) is 7.92. The maximum atomic E-state index is 12.7. The van der Waals surface area contributed by atoms with Crippen molar-refractivity contribution in [3.8, 4) is 0 Å². The van der Waals surface area contributed by atoms with Crippen molar-refractivity contribution in [2.24, 2.45) is 35.5 Å². The van der Waals surface area contributed by atoms with Gasteiger partial charge < -0.3 is 9.47 Å². The molecular formula is C20H32O4. The maximum Gasteiger partial charge on any atom is 0.310 e. The Balaban J connectivity index is 1.70. The minimum Gasteiger partial charge on any atom is -0.465 e. The van der Waals surface area contributed by atoms with Crippen LogP contribution in [-0.2, 0) is 19.1 Å². The van der Waals surface area contributed by atoms with Gasteiger partial charge in [-0.15, -0.1) is 0 Å². The quantitative estimate of drug-likeness (QED) is 0.497. The predicted octanol–water partition coefficient (Wildman–Crippen LogP) is 3.97. The highest BCUT2D eigenvalue weighted by Crippen LogP contribution is 2.63. The molecule has 0 amide bonds. The van der Waals surface area contributed by atoms with Crippen molar-refractivity contribution < 1.29 is 19.1 Å². The van der Waals surface area contributed by atoms with Crippen LogP contribution in [0, 0.1) is 35.5 Å². The monoisotopic (exact) mass is 336 g/mol. The molecule has 4 nitrogen and oxygen atoms in total. The highest BCUT2D eigenvalue weighted by molar-refractivity contribution is 5.84. The molecule has 3 saturated carbocycles. The fraction of sp³-hybridized carbons (Fsp3) is 0.900. The van der Waals surface area contributed by atoms with Crippen LogP contribution in [0.25, 0.3) is 0 Å². The molecule has 0 aromatic carbocycles. The van der Waals surface area contributed by atoms with Crippen LogP contribution < -0.4 is 0 Å². The average Bonchev–Trinajstić information content (AvgIpc) is 3.26. The summed E-state index contributed by atoms with van der Waals surface area (Å²) in [6, 6.07) is 0. The summed E-state index contributed by atoms with van der Waals surface area (Å²) in [5.74, 6) is 1.19. The summed E-state index contributed by atoms with van der Waals surface area (Å²) in [4.78, 5) is 25.4. The molecule has 0 N–H and O–H groups in total. The second kappa shape index (κ2) is 7.88. The molecule has 6 unspecified atom stereocenters. The number of hydrogen-bond donors (Lipinski definition) is 0. The summed E-state index contributed by atoms with van der Waals surface area (Å²) < 4.78 is 11.1. The van der Waals surface area contributed by atoms with E-state index in [0.29, 0.717) is 36.9 Å². The highest BCUT2D eigenvalue weighted by atomic mass is 16.5. The zero-order valence-electron chi connectivity index (χ0n) is 15.2. The zero-order valence-corrected chi connectivity index (χ0v) is 15.2. The van der Waals surface area contributed by atoms with Crippen LogP contribution in [0.4, 0.5) is 0 Å². The first-order valence-electron chi connectivity index (χ1n) is 10.0. The highest BCUT2D eigenvalue weighted by Gasteiger charge is 2.63. The molecule has 0 aromatic heterocycles. The summed E-state index contributed by atoms with van der Waals surface area (Å²) in [6.07, 6.45) is 8.53. The lowest BCUT2D eigenvalue weighted by molar-refractivity contribution is -0.166. The lowest BCUT2D eigenvalue weighted by Crippen LogP contribution is -2.42. The molecule has 3 aliphatic carbocycles. The van der Waals surface area contributed by atoms with Gasteiger partial charge in [-0.2, -0.15) is 0 Å². The van der Waals surface area contributed by atoms with E-state index < -0.39 is 0 Å². The molecule has 0 radical (unpaired) electrons. The van der Waals surface area contributed by atoms with Crippen LogP contribution in [0.15, 0.2) is 0 Å². The van der Waals surface area contributed by atoms with Gasteiger partial charge in [0.05, 0.1) is 25.0 Å². The number of fused-ring (bicyclic) bond motifs is 5. The van der Waals surface area contributed by atoms with Crippen LogP contribution in [0.1, 0.15) is 65.2 Å². The van der Waals surface area contributed by atoms with Crippen molar-refractivity contribution in [3.63, 3.8) is 0 Å². The fourth-order valence-electron chi connectivity index (χ4n) is 5.57. The van der Waals surface area contributed by atoms with E-state index in [1.54, 1.807) is 0 Å². The fourth-order valence-corrected chi connectivity index (χ4v) is 5.57. The normalized spacial score (nSPS) is 36.6. The lowest BCUT2D eigenvalue weighted by Gasteiger charge is -2.35. The third kappa shape index (κ3) is 3.21. The average molecular weight is 336 g/mol. The minimum atomic E-state index is -0.250. The third-order valence-electron chi connectivity index (χ3n) is 6.61. The number of esters is 2. The Morgan fingerprint density at radius 2 is 1.25 bits per heavy atom. The Labute approximate surface area is 145 Å². The molecule has 0 aromatic rings. The van der Waals surface area contributed by atoms with E-state index >= 15 is 0 Å². The number of carbonyl (C=O) groups is 2. The van der Waals surface area contributed by atoms with E-state index in [9.17, 15) is 9.59 Å². The largest absolute Gasteiger partial charge is 0.465 e. The zero-order chi connectivity index (χ0) is 17.1. The van der Waals surface area contributed by atoms with E-state index in [4.69, 9.17) is 9.47 Å². The van der Waals surface area contributed by atoms with Crippen LogP contribution in [0.5, 0.6) is 0 Å². The van der Waals surface area contributed by atoms with Gasteiger partial charge in [0.25, 0.3) is 0 Å². The Bertz CT molecular complexity index is 421. The Morgan fingerprint density at radius 3 is 1.67 bits per heavy atom. The van der Waals surface area contributed by atoms with E-state index in [2.05, 4.69) is 13.8 Å². The van der Waals surface area contributed by atoms with E-state index in [0.717, 1.165) is 32.1 Å². The number of rotatable bonds is 8. The van der Waals surface area contributed by atoms with Gasteiger partial charge in [-0.25, -0.2) is 0 Å². The van der Waals surface area contributed by atoms with Crippen molar-refractivity contribution >= 4 is 11.9 Å². The van der Waals surface area contributed by atoms with Crippen molar-refractivity contribution in [1.82, 2.24) is 0 Å². The van der Waals surface area contributed by atoms with Gasteiger partial charge in [-0.3, -0.25) is 9.59 Å². The molecular weight excluding hydrogens is 304 g/mol. The Morgan fingerprint density at radius 1 is 0.792 bits per heavy atom. The van der Waals surface area contributed by atoms with Gasteiger partial charge in [0.1, 0.15) is 0 Å². The van der Waals surface area contributed by atoms with Crippen molar-refractivity contribution in [1.29, 1.82) is 0 Å². The van der Waals surface area contributed by atoms with E-state index in [-0.39, 0.29) is 23.8 Å². The topological polar surface area (TPSA) is 52.6 Å². The lowest BCUT2D eigenvalue weighted by atomic mass is 9.69. The smallest absolute Gasteiger partial charge is 0.310 e. The van der Waals surface area contributed by atoms with Crippen molar-refractivity contribution in [2.45, 2.75) is 65.2 Å². The van der Waals surface area contributed by atoms with Gasteiger partial charge in [-0.05, 0) is 55.8 Å². The van der Waals surface area contributed by atoms with Gasteiger partial charge in [0, 0.05) is 0 Å². The van der Waals surface area contributed by atoms with Gasteiger partial charge in [0.15, 0.2) is 0 Å². The first kappa shape index (κ1) is 17.8. The van der Waals surface area contributed by atoms with Crippen LogP contribution >= 0.6 is 0 Å². The molecule has 2 bridgehead atoms. The van der Waals surface area contributed by atoms with Crippen molar-refractivity contribution in [3.05, 3.63) is 0 Å². The van der Waals surface area contributed by atoms with E-state index in [1.807, 2.05) is 0 Å². The van der Waals surface area contributed by atoms with Crippen molar-refractivity contribution in [2.75, 3.05) is 13.2 Å². The molecule has 0 heterocycles. The first-order chi connectivity index (χ1) is 11.7. The van der Waals surface area contributed by atoms with E-state index in [1.165, 1.54) is 19.3 Å². The number of carbonyl (C=O) groups excluding carboxylic acids is 2. The summed E-state index contributed by atoms with van der Waals surface area (Å²) >= 11 is 0. The first-order valence-corrected chi connectivity index (χ1v) is 10.0. The summed E-state index contributed by atoms with van der Waals surface area (Å²) in [5, 5.41) is 0. The summed E-state index contributed by atoms with van der Waals surface area (Å²) in [7, 11) is 0. The van der Waals surface area contributed by atoms with Gasteiger partial charge in [-0.1, -0.05) is 33.1 Å². The van der Waals surface area contributed by atoms with Crippen LogP contribution in [-0.4, -0.2) is 25.2 Å². The Kier molecular flexibility index (Phi) is 5.83. The Hall–Kier alpha value is -1.06. The number of ether oxygens (including phenoxy) is 2. The molecule has 3 fully saturated rings. The second-order valence-electron chi connectivity index (χ2n) is 7.92.